The third kappa shape index (κ3) is 3.97. The highest BCUT2D eigenvalue weighted by Crippen LogP contribution is 2.42. The van der Waals surface area contributed by atoms with Crippen molar-refractivity contribution in [2.75, 3.05) is 18.8 Å². The van der Waals surface area contributed by atoms with Crippen molar-refractivity contribution in [1.29, 1.82) is 0 Å². The van der Waals surface area contributed by atoms with E-state index in [9.17, 15) is 4.79 Å². The van der Waals surface area contributed by atoms with Crippen LogP contribution in [0.25, 0.3) is 10.2 Å². The summed E-state index contributed by atoms with van der Waals surface area (Å²) < 4.78 is 11.2. The molecule has 0 radical (unpaired) electrons. The number of thioether (sulfide) groups is 1. The van der Waals surface area contributed by atoms with Crippen LogP contribution >= 0.6 is 23.1 Å². The monoisotopic (exact) mass is 444 g/mol. The number of fused-ring (bicyclic) bond motifs is 3. The average Bonchev–Trinajstić information content (AvgIpc) is 3.14. The minimum absolute atomic E-state index is 0.206. The highest BCUT2D eigenvalue weighted by Gasteiger charge is 2.33. The number of hydrogen-bond acceptors (Lipinski definition) is 8. The first-order valence-electron chi connectivity index (χ1n) is 9.67. The van der Waals surface area contributed by atoms with Gasteiger partial charge in [-0.1, -0.05) is 18.7 Å². The number of methoxy groups -OCH3 is 1. The summed E-state index contributed by atoms with van der Waals surface area (Å²) in [6.45, 7) is 4.85. The van der Waals surface area contributed by atoms with Crippen LogP contribution in [0.3, 0.4) is 0 Å². The van der Waals surface area contributed by atoms with Crippen molar-refractivity contribution in [2.24, 2.45) is 0 Å². The normalized spacial score (nSPS) is 18.1. The lowest BCUT2D eigenvalue weighted by atomic mass is 9.90. The molecule has 2 aromatic heterocycles. The van der Waals surface area contributed by atoms with E-state index < -0.39 is 0 Å². The number of carbonyl (C=O) groups is 1. The van der Waals surface area contributed by atoms with Crippen molar-refractivity contribution in [3.63, 3.8) is 0 Å². The molecule has 0 spiro atoms. The number of benzene rings is 1. The first-order valence-corrected chi connectivity index (χ1v) is 11.7. The van der Waals surface area contributed by atoms with E-state index in [0.29, 0.717) is 28.9 Å². The number of nitrogens with zero attached hydrogens (tertiary/aromatic N) is 2. The fourth-order valence-electron chi connectivity index (χ4n) is 3.39. The molecule has 1 aliphatic rings. The third-order valence-corrected chi connectivity index (χ3v) is 7.04. The number of hydrazine groups is 1. The molecule has 4 rings (SSSR count). The van der Waals surface area contributed by atoms with Gasteiger partial charge in [0.15, 0.2) is 11.0 Å². The molecule has 0 saturated carbocycles. The lowest BCUT2D eigenvalue weighted by molar-refractivity contribution is -0.0543. The van der Waals surface area contributed by atoms with Crippen LogP contribution in [-0.2, 0) is 17.8 Å². The SMILES string of the molecule is CC[C@@]1(C)Cc2c(sc3nc(SC)nc(NNC(=O)c4ccc(OC)cc4)c23)CO1. The molecule has 0 saturated heterocycles. The summed E-state index contributed by atoms with van der Waals surface area (Å²) in [7, 11) is 1.59. The molecule has 7 nitrogen and oxygen atoms in total. The van der Waals surface area contributed by atoms with Crippen molar-refractivity contribution in [3.8, 4) is 5.75 Å². The molecule has 2 N–H and O–H groups in total. The summed E-state index contributed by atoms with van der Waals surface area (Å²) in [5.41, 5.74) is 7.34. The van der Waals surface area contributed by atoms with E-state index in [1.807, 2.05) is 6.26 Å². The zero-order chi connectivity index (χ0) is 21.3. The Morgan fingerprint density at radius 1 is 1.33 bits per heavy atom. The number of rotatable bonds is 6. The molecule has 158 valence electrons. The molecule has 0 unspecified atom stereocenters. The fraction of sp³-hybridized carbons (Fsp3) is 0.381. The first kappa shape index (κ1) is 20.9. The zero-order valence-corrected chi connectivity index (χ0v) is 19.0. The zero-order valence-electron chi connectivity index (χ0n) is 17.4. The van der Waals surface area contributed by atoms with Crippen LogP contribution in [0.1, 0.15) is 41.1 Å². The number of ether oxygens (including phenoxy) is 2. The highest BCUT2D eigenvalue weighted by atomic mass is 32.2. The number of carbonyl (C=O) groups excluding carboxylic acids is 1. The van der Waals surface area contributed by atoms with E-state index in [2.05, 4.69) is 34.7 Å². The summed E-state index contributed by atoms with van der Waals surface area (Å²) in [5, 5.41) is 1.62. The van der Waals surface area contributed by atoms with E-state index in [0.717, 1.165) is 23.1 Å². The Kier molecular flexibility index (Phi) is 5.86. The van der Waals surface area contributed by atoms with Gasteiger partial charge < -0.3 is 9.47 Å². The molecule has 0 bridgehead atoms. The van der Waals surface area contributed by atoms with Crippen molar-refractivity contribution >= 4 is 45.0 Å². The largest absolute Gasteiger partial charge is 0.497 e. The van der Waals surface area contributed by atoms with Crippen LogP contribution in [0.2, 0.25) is 0 Å². The van der Waals surface area contributed by atoms with Crippen LogP contribution < -0.4 is 15.6 Å². The van der Waals surface area contributed by atoms with Gasteiger partial charge in [0.05, 0.1) is 24.7 Å². The number of aromatic nitrogens is 2. The van der Waals surface area contributed by atoms with E-state index in [4.69, 9.17) is 9.47 Å². The Morgan fingerprint density at radius 2 is 2.10 bits per heavy atom. The molecular weight excluding hydrogens is 420 g/mol. The van der Waals surface area contributed by atoms with Crippen LogP contribution in [0.5, 0.6) is 5.75 Å². The fourth-order valence-corrected chi connectivity index (χ4v) is 4.92. The second kappa shape index (κ2) is 8.41. The lowest BCUT2D eigenvalue weighted by Crippen LogP contribution is -2.34. The lowest BCUT2D eigenvalue weighted by Gasteiger charge is -2.33. The van der Waals surface area contributed by atoms with Crippen LogP contribution in [0, 0.1) is 0 Å². The first-order chi connectivity index (χ1) is 14.5. The maximum atomic E-state index is 12.6. The summed E-state index contributed by atoms with van der Waals surface area (Å²) in [4.78, 5) is 24.0. The summed E-state index contributed by atoms with van der Waals surface area (Å²) in [6.07, 6.45) is 3.65. The van der Waals surface area contributed by atoms with E-state index >= 15 is 0 Å². The maximum absolute atomic E-state index is 12.6. The van der Waals surface area contributed by atoms with E-state index in [-0.39, 0.29) is 11.5 Å². The van der Waals surface area contributed by atoms with Gasteiger partial charge in [0.2, 0.25) is 0 Å². The van der Waals surface area contributed by atoms with Crippen LogP contribution in [0.15, 0.2) is 29.4 Å². The Balaban J connectivity index is 1.65. The van der Waals surface area contributed by atoms with Gasteiger partial charge >= 0.3 is 0 Å². The molecule has 1 amide bonds. The minimum Gasteiger partial charge on any atom is -0.497 e. The number of nitrogens with one attached hydrogen (secondary N) is 2. The second-order valence-electron chi connectivity index (χ2n) is 7.32. The van der Waals surface area contributed by atoms with Gasteiger partial charge in [0, 0.05) is 16.9 Å². The molecule has 3 aromatic rings. The van der Waals surface area contributed by atoms with E-state index in [1.54, 1.807) is 42.7 Å². The quantitative estimate of drug-likeness (QED) is 0.331. The van der Waals surface area contributed by atoms with Gasteiger partial charge in [-0.3, -0.25) is 15.6 Å². The molecule has 3 heterocycles. The second-order valence-corrected chi connectivity index (χ2v) is 9.18. The molecule has 1 aromatic carbocycles. The summed E-state index contributed by atoms with van der Waals surface area (Å²) in [5.74, 6) is 1.07. The van der Waals surface area contributed by atoms with Crippen molar-refractivity contribution < 1.29 is 14.3 Å². The van der Waals surface area contributed by atoms with Crippen molar-refractivity contribution in [1.82, 2.24) is 15.4 Å². The molecular formula is C21H24N4O3S2. The Hall–Kier alpha value is -2.36. The molecule has 30 heavy (non-hydrogen) atoms. The molecule has 9 heteroatoms. The smallest absolute Gasteiger partial charge is 0.269 e. The Morgan fingerprint density at radius 3 is 2.77 bits per heavy atom. The van der Waals surface area contributed by atoms with Crippen molar-refractivity contribution in [2.45, 2.75) is 44.1 Å². The van der Waals surface area contributed by atoms with Gasteiger partial charge in [0.1, 0.15) is 10.6 Å². The Labute approximate surface area is 183 Å². The van der Waals surface area contributed by atoms with Gasteiger partial charge in [-0.05, 0) is 49.4 Å². The van der Waals surface area contributed by atoms with E-state index in [1.165, 1.54) is 22.2 Å². The number of hydrogen-bond donors (Lipinski definition) is 2. The topological polar surface area (TPSA) is 85.4 Å². The van der Waals surface area contributed by atoms with Gasteiger partial charge in [-0.25, -0.2) is 9.97 Å². The highest BCUT2D eigenvalue weighted by molar-refractivity contribution is 7.98. The summed E-state index contributed by atoms with van der Waals surface area (Å²) in [6, 6.07) is 6.94. The standard InChI is InChI=1S/C21H24N4O3S2/c1-5-21(2)10-14-15(11-28-21)30-19-16(14)17(22-20(23-19)29-4)24-25-18(26)12-6-8-13(27-3)9-7-12/h6-9H,5,10-11H2,1-4H3,(H,25,26)(H,22,23,24)/t21-/m0/s1. The molecule has 1 aliphatic heterocycles. The minimum atomic E-state index is -0.249. The Bertz CT molecular complexity index is 1080. The van der Waals surface area contributed by atoms with Crippen LogP contribution in [0.4, 0.5) is 5.82 Å². The predicted molar refractivity (Wildman–Crippen MR) is 120 cm³/mol. The molecule has 1 atom stereocenters. The van der Waals surface area contributed by atoms with Gasteiger partial charge in [-0.15, -0.1) is 11.3 Å². The van der Waals surface area contributed by atoms with Crippen LogP contribution in [-0.4, -0.2) is 34.8 Å². The maximum Gasteiger partial charge on any atom is 0.269 e. The number of thiophene rings is 1. The number of amides is 1. The third-order valence-electron chi connectivity index (χ3n) is 5.39. The summed E-state index contributed by atoms with van der Waals surface area (Å²) >= 11 is 3.10. The van der Waals surface area contributed by atoms with Crippen molar-refractivity contribution in [3.05, 3.63) is 40.3 Å². The molecule has 0 aliphatic carbocycles. The molecule has 0 fully saturated rings. The predicted octanol–water partition coefficient (Wildman–Crippen LogP) is 4.42. The number of anilines is 1. The average molecular weight is 445 g/mol. The van der Waals surface area contributed by atoms with Gasteiger partial charge in [0.25, 0.3) is 5.91 Å². The van der Waals surface area contributed by atoms with Gasteiger partial charge in [-0.2, -0.15) is 0 Å².